The Morgan fingerprint density at radius 1 is 0.522 bits per heavy atom. The van der Waals surface area contributed by atoms with E-state index in [2.05, 4.69) is 0 Å². The largest absolute Gasteiger partial charge is 0.0715 e. The zero-order valence-electron chi connectivity index (χ0n) is 13.4. The third kappa shape index (κ3) is 0.351. The Morgan fingerprint density at radius 3 is 1.57 bits per heavy atom. The Bertz CT molecular complexity index is 852. The van der Waals surface area contributed by atoms with Gasteiger partial charge in [-0.15, -0.1) is 0 Å². The molecule has 1 heteroatoms. The molecular formula is C22H21B. The molecule has 0 saturated heterocycles. The van der Waals surface area contributed by atoms with Crippen molar-refractivity contribution in [2.45, 2.75) is 31.5 Å². The highest BCUT2D eigenvalue weighted by molar-refractivity contribution is 6.15. The summed E-state index contributed by atoms with van der Waals surface area (Å²) >= 11 is 0. The SMILES string of the molecule is [B]C1C23C4C5CC6CC(C2C2C7C8CC9CC%10C%11C4C21C%117C9%108)C653. The molecule has 0 aliphatic heterocycles. The van der Waals surface area contributed by atoms with Gasteiger partial charge in [0, 0.05) is 0 Å². The van der Waals surface area contributed by atoms with Gasteiger partial charge in [-0.05, 0) is 124 Å². The standard InChI is InChI=1S/C22H21B/c23-17-20-11-7-1-5-2-8(18(5,7)20)12(20)16-14-10-4-6-3-9-13-15(11)21(16,17)22(13,14)19(6,9)10/h5-17H,1-4H2. The Kier molecular flexibility index (Phi) is 0.772. The van der Waals surface area contributed by atoms with Gasteiger partial charge in [-0.25, -0.2) is 0 Å². The van der Waals surface area contributed by atoms with Gasteiger partial charge >= 0.3 is 0 Å². The lowest BCUT2D eigenvalue weighted by Crippen LogP contribution is -3.10. The summed E-state index contributed by atoms with van der Waals surface area (Å²) in [4.78, 5) is 0. The molecule has 0 aromatic rings. The normalized spacial score (nSPS) is 107. The van der Waals surface area contributed by atoms with E-state index in [4.69, 9.17) is 7.85 Å². The lowest BCUT2D eigenvalue weighted by molar-refractivity contribution is -0.672. The van der Waals surface area contributed by atoms with E-state index >= 15 is 0 Å². The third-order valence-electron chi connectivity index (χ3n) is 15.7. The topological polar surface area (TPSA) is 0 Å². The Labute approximate surface area is 137 Å². The molecule has 12 aliphatic rings. The van der Waals surface area contributed by atoms with Gasteiger partial charge in [0.2, 0.25) is 0 Å². The first-order chi connectivity index (χ1) is 11.3. The predicted molar refractivity (Wildman–Crippen MR) is 82.0 cm³/mol. The molecule has 23 heavy (non-hydrogen) atoms. The molecule has 0 N–H and O–H groups in total. The fourth-order valence-electron chi connectivity index (χ4n) is 17.4. The molecule has 11 unspecified atom stereocenters. The van der Waals surface area contributed by atoms with Crippen molar-refractivity contribution in [3.05, 3.63) is 0 Å². The molecular weight excluding hydrogens is 275 g/mol. The maximum absolute atomic E-state index is 7.39. The second-order valence-corrected chi connectivity index (χ2v) is 13.0. The second-order valence-electron chi connectivity index (χ2n) is 13.0. The summed E-state index contributed by atoms with van der Waals surface area (Å²) in [6.45, 7) is 0. The van der Waals surface area contributed by atoms with E-state index < -0.39 is 0 Å². The lowest BCUT2D eigenvalue weighted by Gasteiger charge is -3.13. The molecule has 112 valence electrons. The van der Waals surface area contributed by atoms with Crippen LogP contribution in [-0.4, -0.2) is 7.85 Å². The van der Waals surface area contributed by atoms with E-state index in [1.807, 2.05) is 0 Å². The van der Waals surface area contributed by atoms with Crippen molar-refractivity contribution < 1.29 is 0 Å². The van der Waals surface area contributed by atoms with Crippen molar-refractivity contribution in [1.82, 2.24) is 0 Å². The summed E-state index contributed by atoms with van der Waals surface area (Å²) < 4.78 is 0. The van der Waals surface area contributed by atoms with Crippen molar-refractivity contribution in [2.24, 2.45) is 98.1 Å². The quantitative estimate of drug-likeness (QED) is 0.603. The van der Waals surface area contributed by atoms with E-state index in [1.165, 1.54) is 71.0 Å². The molecule has 12 aliphatic carbocycles. The molecule has 12 fully saturated rings. The number of hydrogen-bond acceptors (Lipinski definition) is 0. The molecule has 12 rings (SSSR count). The summed E-state index contributed by atoms with van der Waals surface area (Å²) in [7, 11) is 7.39. The molecule has 11 atom stereocenters. The first-order valence-corrected chi connectivity index (χ1v) is 11.1. The summed E-state index contributed by atoms with van der Waals surface area (Å²) in [5, 5.41) is 0. The van der Waals surface area contributed by atoms with Crippen molar-refractivity contribution in [3.63, 3.8) is 0 Å². The van der Waals surface area contributed by atoms with Crippen LogP contribution in [0.3, 0.4) is 0 Å². The van der Waals surface area contributed by atoms with Crippen LogP contribution in [0.4, 0.5) is 0 Å². The molecule has 0 amide bonds. The van der Waals surface area contributed by atoms with Gasteiger partial charge in [0.15, 0.2) is 0 Å². The van der Waals surface area contributed by atoms with E-state index in [0.29, 0.717) is 5.82 Å². The van der Waals surface area contributed by atoms with Gasteiger partial charge in [-0.3, -0.25) is 0 Å². The van der Waals surface area contributed by atoms with Crippen LogP contribution in [0.15, 0.2) is 0 Å². The summed E-state index contributed by atoms with van der Waals surface area (Å²) in [5.74, 6) is 15.2. The Balaban J connectivity index is 1.26. The number of hydrogen-bond donors (Lipinski definition) is 0. The van der Waals surface area contributed by atoms with Crippen LogP contribution in [0, 0.1) is 98.1 Å². The predicted octanol–water partition coefficient (Wildman–Crippen LogP) is 2.99. The molecule has 0 nitrogen and oxygen atoms in total. The van der Waals surface area contributed by atoms with Gasteiger partial charge in [0.25, 0.3) is 0 Å². The average molecular weight is 296 g/mol. The lowest BCUT2D eigenvalue weighted by atomic mass is 8.90. The third-order valence-corrected chi connectivity index (χ3v) is 15.7. The summed E-state index contributed by atoms with van der Waals surface area (Å²) in [6.07, 6.45) is 6.66. The Morgan fingerprint density at radius 2 is 1.04 bits per heavy atom. The molecule has 0 aromatic heterocycles. The van der Waals surface area contributed by atoms with Gasteiger partial charge in [-0.2, -0.15) is 0 Å². The van der Waals surface area contributed by atoms with Crippen molar-refractivity contribution in [3.8, 4) is 0 Å². The highest BCUT2D eigenvalue weighted by Gasteiger charge is 3.19. The van der Waals surface area contributed by atoms with Gasteiger partial charge in [0.05, 0.1) is 7.85 Å². The molecule has 0 aromatic carbocycles. The minimum atomic E-state index is 0.709. The first kappa shape index (κ1) is 9.68. The average Bonchev–Trinajstić information content (AvgIpc) is 2.70. The number of rotatable bonds is 0. The maximum Gasteiger partial charge on any atom is 0.0715 e. The minimum absolute atomic E-state index is 0.709. The van der Waals surface area contributed by atoms with Crippen LogP contribution in [-0.2, 0) is 0 Å². The second kappa shape index (κ2) is 1.83. The molecule has 5 spiro atoms. The van der Waals surface area contributed by atoms with Crippen LogP contribution in [0.25, 0.3) is 0 Å². The fraction of sp³-hybridized carbons (Fsp3) is 1.00. The van der Waals surface area contributed by atoms with Crippen LogP contribution in [0.1, 0.15) is 25.7 Å². The first-order valence-electron chi connectivity index (χ1n) is 11.1. The van der Waals surface area contributed by atoms with Gasteiger partial charge in [-0.1, -0.05) is 5.82 Å². The van der Waals surface area contributed by atoms with Crippen molar-refractivity contribution >= 4 is 7.85 Å². The number of fused-ring (bicyclic) bond motifs is 8. The summed E-state index contributed by atoms with van der Waals surface area (Å²) in [6, 6.07) is 0. The molecule has 0 heterocycles. The highest BCUT2D eigenvalue weighted by atomic mass is 15.2. The molecule has 2 radical (unpaired) electrons. The van der Waals surface area contributed by atoms with Crippen LogP contribution < -0.4 is 0 Å². The highest BCUT2D eigenvalue weighted by Crippen LogP contribution is 3.23. The van der Waals surface area contributed by atoms with Crippen molar-refractivity contribution in [1.29, 1.82) is 0 Å². The maximum atomic E-state index is 7.39. The van der Waals surface area contributed by atoms with Crippen molar-refractivity contribution in [2.75, 3.05) is 0 Å². The zero-order chi connectivity index (χ0) is 13.8. The van der Waals surface area contributed by atoms with Gasteiger partial charge < -0.3 is 0 Å². The summed E-state index contributed by atoms with van der Waals surface area (Å²) in [5.41, 5.74) is 4.33. The van der Waals surface area contributed by atoms with Crippen LogP contribution >= 0.6 is 0 Å². The minimum Gasteiger partial charge on any atom is -0.0640 e. The van der Waals surface area contributed by atoms with Gasteiger partial charge in [0.1, 0.15) is 0 Å². The monoisotopic (exact) mass is 296 g/mol. The zero-order valence-corrected chi connectivity index (χ0v) is 13.4. The smallest absolute Gasteiger partial charge is 0.0640 e. The van der Waals surface area contributed by atoms with E-state index in [9.17, 15) is 0 Å². The Hall–Kier alpha value is 0.0649. The fourth-order valence-corrected chi connectivity index (χ4v) is 17.4. The van der Waals surface area contributed by atoms with E-state index in [0.717, 1.165) is 27.1 Å². The van der Waals surface area contributed by atoms with Crippen LogP contribution in [0.5, 0.6) is 0 Å². The van der Waals surface area contributed by atoms with E-state index in [1.54, 1.807) is 25.7 Å². The molecule has 2 bridgehead atoms. The van der Waals surface area contributed by atoms with Crippen LogP contribution in [0.2, 0.25) is 5.82 Å². The molecule has 12 saturated carbocycles. The van der Waals surface area contributed by atoms with E-state index in [-0.39, 0.29) is 0 Å².